The van der Waals surface area contributed by atoms with Gasteiger partial charge in [-0.1, -0.05) is 11.6 Å². The second-order valence-electron chi connectivity index (χ2n) is 5.43. The first-order chi connectivity index (χ1) is 8.58. The van der Waals surface area contributed by atoms with E-state index in [4.69, 9.17) is 22.3 Å². The summed E-state index contributed by atoms with van der Waals surface area (Å²) in [5.41, 5.74) is 8.40. The van der Waals surface area contributed by atoms with E-state index in [2.05, 4.69) is 18.4 Å². The molecule has 4 heteroatoms. The van der Waals surface area contributed by atoms with Gasteiger partial charge in [-0.3, -0.25) is 0 Å². The molecule has 0 aliphatic heterocycles. The largest absolute Gasteiger partial charge is 0.324 e. The minimum Gasteiger partial charge on any atom is -0.324 e. The molecule has 96 valence electrons. The number of hydrogen-bond donors (Lipinski definition) is 1. The van der Waals surface area contributed by atoms with Crippen LogP contribution < -0.4 is 5.73 Å². The van der Waals surface area contributed by atoms with Crippen LogP contribution in [-0.2, 0) is 0 Å². The first-order valence-corrected chi connectivity index (χ1v) is 6.88. The predicted octanol–water partition coefficient (Wildman–Crippen LogP) is 3.68. The van der Waals surface area contributed by atoms with Gasteiger partial charge < -0.3 is 10.3 Å². The number of nitrogens with zero attached hydrogens (tertiary/aromatic N) is 2. The molecule has 1 aliphatic carbocycles. The Morgan fingerprint density at radius 2 is 2.11 bits per heavy atom. The Morgan fingerprint density at radius 3 is 2.72 bits per heavy atom. The number of benzene rings is 1. The van der Waals surface area contributed by atoms with Gasteiger partial charge in [-0.25, -0.2) is 4.98 Å². The number of hydrogen-bond acceptors (Lipinski definition) is 2. The maximum atomic E-state index is 6.32. The van der Waals surface area contributed by atoms with Crippen molar-refractivity contribution in [2.75, 3.05) is 0 Å². The van der Waals surface area contributed by atoms with E-state index < -0.39 is 0 Å². The van der Waals surface area contributed by atoms with E-state index in [-0.39, 0.29) is 6.04 Å². The van der Waals surface area contributed by atoms with E-state index in [1.807, 2.05) is 18.2 Å². The average Bonchev–Trinajstić information content (AvgIpc) is 3.08. The van der Waals surface area contributed by atoms with Crippen molar-refractivity contribution < 1.29 is 0 Å². The molecule has 1 saturated carbocycles. The van der Waals surface area contributed by atoms with E-state index in [9.17, 15) is 0 Å². The average molecular weight is 264 g/mol. The van der Waals surface area contributed by atoms with Crippen molar-refractivity contribution in [3.63, 3.8) is 0 Å². The second-order valence-corrected chi connectivity index (χ2v) is 5.87. The third kappa shape index (κ3) is 1.91. The van der Waals surface area contributed by atoms with Gasteiger partial charge in [0.1, 0.15) is 5.82 Å². The second kappa shape index (κ2) is 4.25. The highest BCUT2D eigenvalue weighted by molar-refractivity contribution is 6.31. The molecule has 0 bridgehead atoms. The van der Waals surface area contributed by atoms with Gasteiger partial charge >= 0.3 is 0 Å². The van der Waals surface area contributed by atoms with Crippen molar-refractivity contribution in [1.29, 1.82) is 0 Å². The predicted molar refractivity (Wildman–Crippen MR) is 74.8 cm³/mol. The molecule has 0 amide bonds. The lowest BCUT2D eigenvalue weighted by Gasteiger charge is -2.17. The Kier molecular flexibility index (Phi) is 2.83. The summed E-state index contributed by atoms with van der Waals surface area (Å²) in [6.45, 7) is 4.33. The summed E-state index contributed by atoms with van der Waals surface area (Å²) in [7, 11) is 0. The van der Waals surface area contributed by atoms with Crippen LogP contribution in [0.25, 0.3) is 11.0 Å². The van der Waals surface area contributed by atoms with Crippen LogP contribution >= 0.6 is 11.6 Å². The highest BCUT2D eigenvalue weighted by Crippen LogP contribution is 2.40. The minimum atomic E-state index is 0.0542. The first kappa shape index (κ1) is 12.0. The molecular formula is C14H18ClN3. The summed E-state index contributed by atoms with van der Waals surface area (Å²) in [6.07, 6.45) is 2.45. The summed E-state index contributed by atoms with van der Waals surface area (Å²) in [6, 6.07) is 6.28. The van der Waals surface area contributed by atoms with Gasteiger partial charge in [0.2, 0.25) is 0 Å². The summed E-state index contributed by atoms with van der Waals surface area (Å²) in [5, 5.41) is 0.724. The zero-order valence-corrected chi connectivity index (χ0v) is 11.5. The quantitative estimate of drug-likeness (QED) is 0.918. The van der Waals surface area contributed by atoms with E-state index >= 15 is 0 Å². The Balaban J connectivity index is 2.19. The summed E-state index contributed by atoms with van der Waals surface area (Å²) < 4.78 is 2.24. The lowest BCUT2D eigenvalue weighted by Crippen LogP contribution is -2.19. The van der Waals surface area contributed by atoms with Gasteiger partial charge in [0.05, 0.1) is 17.1 Å². The van der Waals surface area contributed by atoms with Crippen LogP contribution in [0.15, 0.2) is 18.2 Å². The minimum absolute atomic E-state index is 0.0542. The molecule has 1 atom stereocenters. The van der Waals surface area contributed by atoms with E-state index in [1.54, 1.807) is 0 Å². The Bertz CT molecular complexity index is 584. The molecule has 1 aliphatic rings. The van der Waals surface area contributed by atoms with Gasteiger partial charge in [-0.05, 0) is 50.8 Å². The van der Waals surface area contributed by atoms with Crippen molar-refractivity contribution in [3.8, 4) is 0 Å². The number of aromatic nitrogens is 2. The van der Waals surface area contributed by atoms with E-state index in [0.29, 0.717) is 12.0 Å². The molecule has 18 heavy (non-hydrogen) atoms. The number of nitrogens with two attached hydrogens (primary N) is 1. The Morgan fingerprint density at radius 1 is 1.39 bits per heavy atom. The molecule has 1 heterocycles. The fraction of sp³-hybridized carbons (Fsp3) is 0.500. The van der Waals surface area contributed by atoms with Gasteiger partial charge in [0.15, 0.2) is 0 Å². The lowest BCUT2D eigenvalue weighted by molar-refractivity contribution is 0.512. The molecule has 0 spiro atoms. The van der Waals surface area contributed by atoms with Gasteiger partial charge in [0.25, 0.3) is 0 Å². The number of imidazole rings is 1. The molecule has 1 aromatic carbocycles. The maximum absolute atomic E-state index is 6.32. The SMILES string of the molecule is CC(C)n1c(C(N)C2CC2)nc2cc(Cl)ccc21. The molecule has 1 fully saturated rings. The number of fused-ring (bicyclic) bond motifs is 1. The van der Waals surface area contributed by atoms with Crippen LogP contribution in [0.5, 0.6) is 0 Å². The fourth-order valence-electron chi connectivity index (χ4n) is 2.53. The maximum Gasteiger partial charge on any atom is 0.127 e. The van der Waals surface area contributed by atoms with Crippen molar-refractivity contribution in [2.45, 2.75) is 38.8 Å². The molecule has 1 unspecified atom stereocenters. The normalized spacial score (nSPS) is 17.6. The van der Waals surface area contributed by atoms with Crippen molar-refractivity contribution >= 4 is 22.6 Å². The van der Waals surface area contributed by atoms with E-state index in [0.717, 1.165) is 21.9 Å². The lowest BCUT2D eigenvalue weighted by atomic mass is 10.2. The van der Waals surface area contributed by atoms with Gasteiger partial charge in [-0.2, -0.15) is 0 Å². The fourth-order valence-corrected chi connectivity index (χ4v) is 2.70. The smallest absolute Gasteiger partial charge is 0.127 e. The molecule has 0 saturated heterocycles. The summed E-state index contributed by atoms with van der Waals surface area (Å²) >= 11 is 6.03. The van der Waals surface area contributed by atoms with Crippen molar-refractivity contribution in [2.24, 2.45) is 11.7 Å². The van der Waals surface area contributed by atoms with Crippen LogP contribution in [0, 0.1) is 5.92 Å². The molecule has 3 rings (SSSR count). The van der Waals surface area contributed by atoms with E-state index in [1.165, 1.54) is 12.8 Å². The zero-order valence-electron chi connectivity index (χ0n) is 10.7. The van der Waals surface area contributed by atoms with Crippen molar-refractivity contribution in [1.82, 2.24) is 9.55 Å². The molecule has 1 aromatic heterocycles. The highest BCUT2D eigenvalue weighted by atomic mass is 35.5. The van der Waals surface area contributed by atoms with Crippen LogP contribution in [-0.4, -0.2) is 9.55 Å². The standard InChI is InChI=1S/C14H18ClN3/c1-8(2)18-12-6-5-10(15)7-11(12)17-14(18)13(16)9-3-4-9/h5-9,13H,3-4,16H2,1-2H3. The topological polar surface area (TPSA) is 43.8 Å². The van der Waals surface area contributed by atoms with Crippen LogP contribution in [0.4, 0.5) is 0 Å². The van der Waals surface area contributed by atoms with Crippen molar-refractivity contribution in [3.05, 3.63) is 29.0 Å². The molecule has 0 radical (unpaired) electrons. The number of rotatable bonds is 3. The monoisotopic (exact) mass is 263 g/mol. The summed E-state index contributed by atoms with van der Waals surface area (Å²) in [4.78, 5) is 4.71. The third-order valence-electron chi connectivity index (χ3n) is 3.62. The first-order valence-electron chi connectivity index (χ1n) is 6.51. The van der Waals surface area contributed by atoms with Crippen LogP contribution in [0.1, 0.15) is 44.6 Å². The molecular weight excluding hydrogens is 246 g/mol. The Labute approximate surface area is 112 Å². The Hall–Kier alpha value is -1.06. The molecule has 2 N–H and O–H groups in total. The molecule has 3 nitrogen and oxygen atoms in total. The molecule has 2 aromatic rings. The highest BCUT2D eigenvalue weighted by Gasteiger charge is 2.33. The van der Waals surface area contributed by atoms with Crippen LogP contribution in [0.2, 0.25) is 5.02 Å². The zero-order chi connectivity index (χ0) is 12.9. The third-order valence-corrected chi connectivity index (χ3v) is 3.86. The van der Waals surface area contributed by atoms with Crippen LogP contribution in [0.3, 0.4) is 0 Å². The van der Waals surface area contributed by atoms with Gasteiger partial charge in [0, 0.05) is 11.1 Å². The van der Waals surface area contributed by atoms with Gasteiger partial charge in [-0.15, -0.1) is 0 Å². The number of halogens is 1. The summed E-state index contributed by atoms with van der Waals surface area (Å²) in [5.74, 6) is 1.61.